The molecule has 4 heteroatoms. The van der Waals surface area contributed by atoms with Crippen LogP contribution in [-0.2, 0) is 0 Å². The maximum absolute atomic E-state index is 4.35. The average molecular weight is 370 g/mol. The molecule has 2 heterocycles. The van der Waals surface area contributed by atoms with Crippen LogP contribution in [0.5, 0.6) is 0 Å². The van der Waals surface area contributed by atoms with Gasteiger partial charge in [0.25, 0.3) is 0 Å². The number of hydrogen-bond acceptors (Lipinski definition) is 1. The monoisotopic (exact) mass is 370 g/mol. The largest absolute Gasteiger partial charge is 0.305 e. The summed E-state index contributed by atoms with van der Waals surface area (Å²) < 4.78 is 4.25. The second kappa shape index (κ2) is 2.89. The topological polar surface area (TPSA) is 17.3 Å². The van der Waals surface area contributed by atoms with Crippen molar-refractivity contribution in [2.75, 3.05) is 0 Å². The molecule has 0 atom stereocenters. The first-order valence-electron chi connectivity index (χ1n) is 3.06. The first kappa shape index (κ1) is 7.78. The molecule has 0 bridgehead atoms. The summed E-state index contributed by atoms with van der Waals surface area (Å²) >= 11 is 4.50. The summed E-state index contributed by atoms with van der Waals surface area (Å²) in [6.07, 6.45) is 4.02. The van der Waals surface area contributed by atoms with Gasteiger partial charge in [0.2, 0.25) is 0 Å². The molecule has 0 aliphatic carbocycles. The van der Waals surface area contributed by atoms with Crippen molar-refractivity contribution in [3.05, 3.63) is 31.8 Å². The molecule has 0 spiro atoms. The van der Waals surface area contributed by atoms with Crippen LogP contribution in [-0.4, -0.2) is 9.38 Å². The predicted octanol–water partition coefficient (Wildman–Crippen LogP) is 2.54. The van der Waals surface area contributed by atoms with Gasteiger partial charge in [0.1, 0.15) is 3.70 Å². The molecule has 2 aromatic heterocycles. The summed E-state index contributed by atoms with van der Waals surface area (Å²) in [6.45, 7) is 0. The Bertz CT molecular complexity index is 394. The molecule has 2 aromatic rings. The molecule has 0 aliphatic rings. The Labute approximate surface area is 91.3 Å². The number of halogens is 2. The lowest BCUT2D eigenvalue weighted by atomic mass is 10.5. The Balaban J connectivity index is 2.90. The lowest BCUT2D eigenvalue weighted by molar-refractivity contribution is 1.18. The number of imidazole rings is 1. The Hall–Kier alpha value is 0.150. The van der Waals surface area contributed by atoms with Crippen LogP contribution >= 0.6 is 45.2 Å². The zero-order valence-corrected chi connectivity index (χ0v) is 9.77. The third-order valence-electron chi connectivity index (χ3n) is 1.41. The highest BCUT2D eigenvalue weighted by Crippen LogP contribution is 2.13. The molecule has 0 aromatic carbocycles. The fraction of sp³-hybridized carbons (Fsp3) is 0. The van der Waals surface area contributed by atoms with Gasteiger partial charge in [-0.25, -0.2) is 4.98 Å². The van der Waals surface area contributed by atoms with E-state index in [0.717, 1.165) is 9.35 Å². The number of nitrogens with zero attached hydrogens (tertiary/aromatic N) is 2. The Morgan fingerprint density at radius 2 is 2.18 bits per heavy atom. The first-order chi connectivity index (χ1) is 5.27. The van der Waals surface area contributed by atoms with Gasteiger partial charge < -0.3 is 4.40 Å². The number of aromatic nitrogens is 2. The summed E-state index contributed by atoms with van der Waals surface area (Å²) in [5, 5.41) is 0. The van der Waals surface area contributed by atoms with Gasteiger partial charge in [0.05, 0.1) is 3.57 Å². The molecule has 0 fully saturated rings. The fourth-order valence-corrected chi connectivity index (χ4v) is 2.08. The molecular weight excluding hydrogens is 366 g/mol. The van der Waals surface area contributed by atoms with E-state index in [0.29, 0.717) is 0 Å². The first-order valence-corrected chi connectivity index (χ1v) is 5.22. The Morgan fingerprint density at radius 3 is 2.91 bits per heavy atom. The fourth-order valence-electron chi connectivity index (χ4n) is 0.949. The van der Waals surface area contributed by atoms with E-state index in [9.17, 15) is 0 Å². The SMILES string of the molecule is Ic1cn2cccc(I)c2n1. The molecule has 0 aliphatic heterocycles. The highest BCUT2D eigenvalue weighted by Gasteiger charge is 2.00. The predicted molar refractivity (Wildman–Crippen MR) is 60.6 cm³/mol. The third kappa shape index (κ3) is 1.37. The van der Waals surface area contributed by atoms with Crippen LogP contribution in [0.25, 0.3) is 5.65 Å². The van der Waals surface area contributed by atoms with Crippen LogP contribution in [0, 0.1) is 7.27 Å². The van der Waals surface area contributed by atoms with Gasteiger partial charge in [0.15, 0.2) is 5.65 Å². The summed E-state index contributed by atoms with van der Waals surface area (Å²) in [5.74, 6) is 0. The van der Waals surface area contributed by atoms with Crippen LogP contribution in [0.15, 0.2) is 24.5 Å². The lowest BCUT2D eigenvalue weighted by Crippen LogP contribution is -1.83. The van der Waals surface area contributed by atoms with Crippen LogP contribution in [0.1, 0.15) is 0 Å². The van der Waals surface area contributed by atoms with Crippen molar-refractivity contribution in [1.29, 1.82) is 0 Å². The van der Waals surface area contributed by atoms with Gasteiger partial charge in [-0.1, -0.05) is 0 Å². The summed E-state index contributed by atoms with van der Waals surface area (Å²) in [6, 6.07) is 4.07. The molecule has 0 saturated heterocycles. The van der Waals surface area contributed by atoms with Gasteiger partial charge >= 0.3 is 0 Å². The normalized spacial score (nSPS) is 10.7. The van der Waals surface area contributed by atoms with Gasteiger partial charge in [-0.3, -0.25) is 0 Å². The Morgan fingerprint density at radius 1 is 1.36 bits per heavy atom. The van der Waals surface area contributed by atoms with Crippen LogP contribution in [0.2, 0.25) is 0 Å². The minimum absolute atomic E-state index is 1.03. The average Bonchev–Trinajstić information content (AvgIpc) is 2.31. The number of fused-ring (bicyclic) bond motifs is 1. The van der Waals surface area contributed by atoms with Crippen molar-refractivity contribution in [2.45, 2.75) is 0 Å². The summed E-state index contributed by atoms with van der Waals surface area (Å²) in [4.78, 5) is 4.35. The molecule has 11 heavy (non-hydrogen) atoms. The maximum Gasteiger partial charge on any atom is 0.151 e. The highest BCUT2D eigenvalue weighted by molar-refractivity contribution is 14.1. The van der Waals surface area contributed by atoms with Crippen LogP contribution < -0.4 is 0 Å². The van der Waals surface area contributed by atoms with Crippen molar-refractivity contribution >= 4 is 50.8 Å². The van der Waals surface area contributed by atoms with Gasteiger partial charge in [-0.2, -0.15) is 0 Å². The van der Waals surface area contributed by atoms with E-state index in [-0.39, 0.29) is 0 Å². The number of rotatable bonds is 0. The molecule has 0 radical (unpaired) electrons. The van der Waals surface area contributed by atoms with Crippen LogP contribution in [0.4, 0.5) is 0 Å². The van der Waals surface area contributed by atoms with E-state index in [1.54, 1.807) is 0 Å². The second-order valence-corrected chi connectivity index (χ2v) is 4.42. The van der Waals surface area contributed by atoms with Gasteiger partial charge in [-0.15, -0.1) is 0 Å². The maximum atomic E-state index is 4.35. The zero-order chi connectivity index (χ0) is 7.84. The zero-order valence-electron chi connectivity index (χ0n) is 5.46. The molecule has 0 amide bonds. The van der Waals surface area contributed by atoms with Gasteiger partial charge in [-0.05, 0) is 57.3 Å². The lowest BCUT2D eigenvalue weighted by Gasteiger charge is -1.92. The molecule has 0 saturated carbocycles. The molecule has 0 N–H and O–H groups in total. The molecular formula is C7H4I2N2. The van der Waals surface area contributed by atoms with Crippen molar-refractivity contribution < 1.29 is 0 Å². The van der Waals surface area contributed by atoms with E-state index < -0.39 is 0 Å². The number of hydrogen-bond donors (Lipinski definition) is 0. The van der Waals surface area contributed by atoms with E-state index in [1.807, 2.05) is 22.9 Å². The Kier molecular flexibility index (Phi) is 2.04. The molecule has 56 valence electrons. The molecule has 0 unspecified atom stereocenters. The standard InChI is InChI=1S/C7H4I2N2/c8-5-2-1-3-11-4-6(9)10-7(5)11/h1-4H. The minimum atomic E-state index is 1.03. The second-order valence-electron chi connectivity index (χ2n) is 2.15. The summed E-state index contributed by atoms with van der Waals surface area (Å²) in [7, 11) is 0. The van der Waals surface area contributed by atoms with Crippen LogP contribution in [0.3, 0.4) is 0 Å². The highest BCUT2D eigenvalue weighted by atomic mass is 127. The minimum Gasteiger partial charge on any atom is -0.305 e. The smallest absolute Gasteiger partial charge is 0.151 e. The van der Waals surface area contributed by atoms with E-state index in [2.05, 4.69) is 56.2 Å². The van der Waals surface area contributed by atoms with Crippen molar-refractivity contribution in [1.82, 2.24) is 9.38 Å². The third-order valence-corrected chi connectivity index (χ3v) is 2.77. The molecule has 2 rings (SSSR count). The quantitative estimate of drug-likeness (QED) is 0.652. The van der Waals surface area contributed by atoms with Crippen molar-refractivity contribution in [3.8, 4) is 0 Å². The van der Waals surface area contributed by atoms with Gasteiger partial charge in [0, 0.05) is 12.4 Å². The van der Waals surface area contributed by atoms with E-state index in [4.69, 9.17) is 0 Å². The molecule has 2 nitrogen and oxygen atoms in total. The summed E-state index contributed by atoms with van der Waals surface area (Å²) in [5.41, 5.74) is 1.04. The van der Waals surface area contributed by atoms with E-state index >= 15 is 0 Å². The number of pyridine rings is 1. The van der Waals surface area contributed by atoms with Crippen molar-refractivity contribution in [3.63, 3.8) is 0 Å². The van der Waals surface area contributed by atoms with Crippen molar-refractivity contribution in [2.24, 2.45) is 0 Å². The van der Waals surface area contributed by atoms with E-state index in [1.165, 1.54) is 3.57 Å².